The third-order valence-corrected chi connectivity index (χ3v) is 9.93. The van der Waals surface area contributed by atoms with Gasteiger partial charge in [0, 0.05) is 29.3 Å². The van der Waals surface area contributed by atoms with Crippen LogP contribution in [0.25, 0.3) is 0 Å². The molecule has 2 aromatic heterocycles. The molecule has 0 saturated carbocycles. The number of hydrogen-bond donors (Lipinski definition) is 1. The van der Waals surface area contributed by atoms with Gasteiger partial charge in [0.25, 0.3) is 5.91 Å². The number of sulfonamides is 1. The second kappa shape index (κ2) is 9.78. The van der Waals surface area contributed by atoms with Crippen LogP contribution in [0.3, 0.4) is 0 Å². The standard InChI is InChI=1S/C20H22N4O3S4/c1-14-7-8-16(31(26,27)24-9-3-2-4-10-24)12-17(14)18(25)21-19-22-23-20(30-19)29-13-15-6-5-11-28-15/h5-8,11-12H,2-4,9-10,13H2,1H3,(H,21,22,25). The number of anilines is 1. The molecule has 164 valence electrons. The monoisotopic (exact) mass is 494 g/mol. The van der Waals surface area contributed by atoms with Gasteiger partial charge in [-0.3, -0.25) is 10.1 Å². The Bertz CT molecular complexity index is 1150. The highest BCUT2D eigenvalue weighted by Crippen LogP contribution is 2.30. The molecule has 11 heteroatoms. The summed E-state index contributed by atoms with van der Waals surface area (Å²) < 4.78 is 28.2. The lowest BCUT2D eigenvalue weighted by molar-refractivity contribution is 0.102. The zero-order valence-electron chi connectivity index (χ0n) is 16.9. The van der Waals surface area contributed by atoms with Gasteiger partial charge in [-0.05, 0) is 48.9 Å². The summed E-state index contributed by atoms with van der Waals surface area (Å²) in [5, 5.41) is 13.4. The van der Waals surface area contributed by atoms with E-state index in [2.05, 4.69) is 21.6 Å². The Morgan fingerprint density at radius 1 is 1.19 bits per heavy atom. The molecule has 0 atom stereocenters. The van der Waals surface area contributed by atoms with Crippen LogP contribution in [-0.2, 0) is 15.8 Å². The highest BCUT2D eigenvalue weighted by atomic mass is 32.2. The number of aromatic nitrogens is 2. The van der Waals surface area contributed by atoms with Gasteiger partial charge >= 0.3 is 0 Å². The van der Waals surface area contributed by atoms with Crippen LogP contribution in [0.5, 0.6) is 0 Å². The van der Waals surface area contributed by atoms with Crippen molar-refractivity contribution in [3.8, 4) is 0 Å². The van der Waals surface area contributed by atoms with E-state index in [1.165, 1.54) is 26.6 Å². The highest BCUT2D eigenvalue weighted by molar-refractivity contribution is 8.00. The van der Waals surface area contributed by atoms with Crippen molar-refractivity contribution in [2.45, 2.75) is 41.2 Å². The fourth-order valence-electron chi connectivity index (χ4n) is 3.27. The largest absolute Gasteiger partial charge is 0.296 e. The molecule has 1 N–H and O–H groups in total. The van der Waals surface area contributed by atoms with Gasteiger partial charge in [-0.15, -0.1) is 21.5 Å². The first-order valence-corrected chi connectivity index (χ1v) is 14.0. The molecule has 1 aliphatic heterocycles. The average Bonchev–Trinajstić information content (AvgIpc) is 3.45. The van der Waals surface area contributed by atoms with Crippen LogP contribution < -0.4 is 5.32 Å². The van der Waals surface area contributed by atoms with E-state index in [0.29, 0.717) is 29.3 Å². The lowest BCUT2D eigenvalue weighted by atomic mass is 10.1. The van der Waals surface area contributed by atoms with Crippen LogP contribution >= 0.6 is 34.4 Å². The first kappa shape index (κ1) is 22.4. The van der Waals surface area contributed by atoms with Crippen molar-refractivity contribution in [1.29, 1.82) is 0 Å². The van der Waals surface area contributed by atoms with Gasteiger partial charge in [-0.1, -0.05) is 41.7 Å². The Morgan fingerprint density at radius 2 is 2.00 bits per heavy atom. The van der Waals surface area contributed by atoms with Crippen molar-refractivity contribution in [2.75, 3.05) is 18.4 Å². The molecular weight excluding hydrogens is 473 g/mol. The zero-order valence-corrected chi connectivity index (χ0v) is 20.2. The maximum absolute atomic E-state index is 13.0. The van der Waals surface area contributed by atoms with Crippen LogP contribution in [0, 0.1) is 6.92 Å². The molecule has 0 unspecified atom stereocenters. The number of nitrogens with one attached hydrogen (secondary N) is 1. The number of carbonyl (C=O) groups excluding carboxylic acids is 1. The molecule has 0 bridgehead atoms. The van der Waals surface area contributed by atoms with Crippen molar-refractivity contribution in [2.24, 2.45) is 0 Å². The minimum absolute atomic E-state index is 0.148. The van der Waals surface area contributed by atoms with E-state index in [4.69, 9.17) is 0 Å². The summed E-state index contributed by atoms with van der Waals surface area (Å²) in [5.74, 6) is 0.412. The van der Waals surface area contributed by atoms with Crippen LogP contribution in [0.1, 0.15) is 40.1 Å². The highest BCUT2D eigenvalue weighted by Gasteiger charge is 2.27. The summed E-state index contributed by atoms with van der Waals surface area (Å²) in [6.07, 6.45) is 2.77. The maximum Gasteiger partial charge on any atom is 0.257 e. The Morgan fingerprint density at radius 3 is 2.74 bits per heavy atom. The van der Waals surface area contributed by atoms with Crippen LogP contribution in [0.4, 0.5) is 5.13 Å². The molecule has 4 rings (SSSR count). The van der Waals surface area contributed by atoms with Gasteiger partial charge in [0.05, 0.1) is 4.90 Å². The molecule has 7 nitrogen and oxygen atoms in total. The van der Waals surface area contributed by atoms with Gasteiger partial charge in [0.2, 0.25) is 15.2 Å². The predicted octanol–water partition coefficient (Wildman–Crippen LogP) is 4.63. The number of aryl methyl sites for hydroxylation is 1. The quantitative estimate of drug-likeness (QED) is 0.380. The normalized spacial score (nSPS) is 15.1. The number of benzene rings is 1. The van der Waals surface area contributed by atoms with Gasteiger partial charge in [0.1, 0.15) is 0 Å². The van der Waals surface area contributed by atoms with Crippen LogP contribution in [0.15, 0.2) is 44.9 Å². The molecule has 1 aliphatic rings. The average molecular weight is 495 g/mol. The number of hydrogen-bond acceptors (Lipinski definition) is 8. The maximum atomic E-state index is 13.0. The smallest absolute Gasteiger partial charge is 0.257 e. The van der Waals surface area contributed by atoms with E-state index in [0.717, 1.165) is 29.4 Å². The van der Waals surface area contributed by atoms with Crippen molar-refractivity contribution in [3.63, 3.8) is 0 Å². The SMILES string of the molecule is Cc1ccc(S(=O)(=O)N2CCCCC2)cc1C(=O)Nc1nnc(SCc2cccs2)s1. The first-order valence-electron chi connectivity index (χ1n) is 9.84. The summed E-state index contributed by atoms with van der Waals surface area (Å²) in [5.41, 5.74) is 1.02. The first-order chi connectivity index (χ1) is 14.9. The number of nitrogens with zero attached hydrogens (tertiary/aromatic N) is 3. The zero-order chi connectivity index (χ0) is 21.8. The minimum Gasteiger partial charge on any atom is -0.296 e. The second-order valence-electron chi connectivity index (χ2n) is 7.14. The molecule has 0 aliphatic carbocycles. The van der Waals surface area contributed by atoms with Crippen LogP contribution in [-0.4, -0.2) is 41.9 Å². The third kappa shape index (κ3) is 5.35. The summed E-state index contributed by atoms with van der Waals surface area (Å²) in [6.45, 7) is 2.83. The Hall–Kier alpha value is -1.79. The molecule has 3 heterocycles. The molecule has 1 amide bonds. The Kier molecular flexibility index (Phi) is 7.07. The summed E-state index contributed by atoms with van der Waals surface area (Å²) >= 11 is 4.55. The molecule has 0 radical (unpaired) electrons. The number of carbonyl (C=O) groups is 1. The number of amides is 1. The van der Waals surface area contributed by atoms with Crippen molar-refractivity contribution < 1.29 is 13.2 Å². The van der Waals surface area contributed by atoms with E-state index >= 15 is 0 Å². The van der Waals surface area contributed by atoms with E-state index in [1.54, 1.807) is 42.2 Å². The molecule has 1 saturated heterocycles. The molecule has 3 aromatic rings. The molecule has 1 aromatic carbocycles. The Balaban J connectivity index is 1.46. The Labute approximate surface area is 194 Å². The fourth-order valence-corrected chi connectivity index (χ4v) is 7.34. The lowest BCUT2D eigenvalue weighted by Crippen LogP contribution is -2.35. The third-order valence-electron chi connectivity index (χ3n) is 4.95. The molecule has 31 heavy (non-hydrogen) atoms. The summed E-state index contributed by atoms with van der Waals surface area (Å²) in [6, 6.07) is 8.78. The van der Waals surface area contributed by atoms with E-state index in [9.17, 15) is 13.2 Å². The minimum atomic E-state index is -3.61. The van der Waals surface area contributed by atoms with E-state index < -0.39 is 10.0 Å². The van der Waals surface area contributed by atoms with E-state index in [-0.39, 0.29) is 10.8 Å². The summed E-state index contributed by atoms with van der Waals surface area (Å²) in [4.78, 5) is 14.2. The number of thiophene rings is 1. The van der Waals surface area contributed by atoms with Crippen molar-refractivity contribution in [3.05, 3.63) is 51.7 Å². The van der Waals surface area contributed by atoms with Gasteiger partial charge in [-0.25, -0.2) is 8.42 Å². The number of piperidine rings is 1. The number of thioether (sulfide) groups is 1. The topological polar surface area (TPSA) is 92.3 Å². The van der Waals surface area contributed by atoms with E-state index in [1.807, 2.05) is 11.4 Å². The summed E-state index contributed by atoms with van der Waals surface area (Å²) in [7, 11) is -3.61. The van der Waals surface area contributed by atoms with Crippen molar-refractivity contribution >= 4 is 55.5 Å². The second-order valence-corrected chi connectivity index (χ2v) is 12.3. The molecule has 0 spiro atoms. The van der Waals surface area contributed by atoms with Gasteiger partial charge in [0.15, 0.2) is 4.34 Å². The lowest BCUT2D eigenvalue weighted by Gasteiger charge is -2.26. The number of rotatable bonds is 7. The van der Waals surface area contributed by atoms with Gasteiger partial charge in [-0.2, -0.15) is 4.31 Å². The van der Waals surface area contributed by atoms with Gasteiger partial charge < -0.3 is 0 Å². The fraction of sp³-hybridized carbons (Fsp3) is 0.350. The van der Waals surface area contributed by atoms with Crippen LogP contribution in [0.2, 0.25) is 0 Å². The molecule has 1 fully saturated rings. The van der Waals surface area contributed by atoms with Crippen molar-refractivity contribution in [1.82, 2.24) is 14.5 Å². The molecular formula is C20H22N4O3S4. The predicted molar refractivity (Wildman–Crippen MR) is 126 cm³/mol.